The summed E-state index contributed by atoms with van der Waals surface area (Å²) in [5, 5.41) is 1.09. The third-order valence-electron chi connectivity index (χ3n) is 4.71. The van der Waals surface area contributed by atoms with E-state index in [1.165, 1.54) is 11.1 Å². The normalized spacial score (nSPS) is 10.7. The van der Waals surface area contributed by atoms with Gasteiger partial charge in [-0.15, -0.1) is 0 Å². The fourth-order valence-corrected chi connectivity index (χ4v) is 3.42. The van der Waals surface area contributed by atoms with Gasteiger partial charge in [0.25, 0.3) is 0 Å². The van der Waals surface area contributed by atoms with Crippen LogP contribution in [-0.2, 0) is 6.54 Å². The highest BCUT2D eigenvalue weighted by molar-refractivity contribution is 5.97. The Morgan fingerprint density at radius 1 is 0.931 bits per heavy atom. The Labute approximate surface area is 173 Å². The van der Waals surface area contributed by atoms with Gasteiger partial charge in [-0.05, 0) is 37.4 Å². The molecule has 0 amide bonds. The molecule has 0 saturated carbocycles. The second-order valence-corrected chi connectivity index (χ2v) is 6.96. The number of H-pyrrole nitrogens is 1. The maximum Gasteiger partial charge on any atom is 0.137 e. The molecule has 0 aliphatic heterocycles. The number of aromatic nitrogens is 2. The average Bonchev–Trinajstić information content (AvgIpc) is 3.18. The highest BCUT2D eigenvalue weighted by Crippen LogP contribution is 2.35. The molecule has 0 aliphatic carbocycles. The van der Waals surface area contributed by atoms with Crippen molar-refractivity contribution in [2.24, 2.45) is 0 Å². The Hall–Kier alpha value is -3.11. The van der Waals surface area contributed by atoms with Crippen molar-refractivity contribution in [3.63, 3.8) is 0 Å². The van der Waals surface area contributed by atoms with E-state index in [0.717, 1.165) is 40.0 Å². The average molecular weight is 388 g/mol. The molecule has 29 heavy (non-hydrogen) atoms. The fourth-order valence-electron chi connectivity index (χ4n) is 3.42. The number of hydrogen-bond acceptors (Lipinski definition) is 3. The highest BCUT2D eigenvalue weighted by Gasteiger charge is 2.12. The van der Waals surface area contributed by atoms with Crippen molar-refractivity contribution in [2.75, 3.05) is 21.2 Å². The molecule has 4 heteroatoms. The second-order valence-electron chi connectivity index (χ2n) is 6.96. The van der Waals surface area contributed by atoms with Crippen molar-refractivity contribution in [1.82, 2.24) is 14.9 Å². The fraction of sp³-hybridized carbons (Fsp3) is 0.240. The van der Waals surface area contributed by atoms with Gasteiger partial charge in [0.2, 0.25) is 0 Å². The molecule has 0 spiro atoms. The van der Waals surface area contributed by atoms with Crippen LogP contribution in [0.2, 0.25) is 0 Å². The second kappa shape index (κ2) is 9.39. The Kier molecular flexibility index (Phi) is 6.68. The highest BCUT2D eigenvalue weighted by atomic mass is 16.5. The van der Waals surface area contributed by atoms with Crippen LogP contribution >= 0.6 is 0 Å². The van der Waals surface area contributed by atoms with Gasteiger partial charge in [-0.25, -0.2) is 4.98 Å². The van der Waals surface area contributed by atoms with Gasteiger partial charge < -0.3 is 14.6 Å². The summed E-state index contributed by atoms with van der Waals surface area (Å²) in [6.45, 7) is 4.94. The van der Waals surface area contributed by atoms with Crippen LogP contribution < -0.4 is 4.74 Å². The predicted molar refractivity (Wildman–Crippen MR) is 122 cm³/mol. The van der Waals surface area contributed by atoms with Crippen molar-refractivity contribution < 1.29 is 4.74 Å². The zero-order valence-electron chi connectivity index (χ0n) is 17.9. The number of benzene rings is 2. The van der Waals surface area contributed by atoms with Crippen LogP contribution in [0.15, 0.2) is 67.0 Å². The van der Waals surface area contributed by atoms with Gasteiger partial charge in [0, 0.05) is 41.0 Å². The first kappa shape index (κ1) is 20.6. The molecular weight excluding hydrogens is 358 g/mol. The van der Waals surface area contributed by atoms with Crippen LogP contribution in [-0.4, -0.2) is 36.1 Å². The molecule has 1 N–H and O–H groups in total. The number of fused-ring (bicyclic) bond motifs is 1. The molecule has 0 radical (unpaired) electrons. The van der Waals surface area contributed by atoms with Gasteiger partial charge in [-0.2, -0.15) is 0 Å². The number of pyridine rings is 1. The first-order chi connectivity index (χ1) is 14.2. The molecule has 0 fully saturated rings. The lowest BCUT2D eigenvalue weighted by Gasteiger charge is -2.10. The molecule has 0 bridgehead atoms. The molecule has 0 aliphatic rings. The van der Waals surface area contributed by atoms with E-state index in [4.69, 9.17) is 4.74 Å². The Bertz CT molecular complexity index is 1070. The smallest absolute Gasteiger partial charge is 0.137 e. The van der Waals surface area contributed by atoms with Crippen LogP contribution in [0, 0.1) is 0 Å². The van der Waals surface area contributed by atoms with Gasteiger partial charge >= 0.3 is 0 Å². The summed E-state index contributed by atoms with van der Waals surface area (Å²) in [6, 6.07) is 18.9. The van der Waals surface area contributed by atoms with E-state index in [0.29, 0.717) is 0 Å². The number of methoxy groups -OCH3 is 1. The van der Waals surface area contributed by atoms with E-state index in [9.17, 15) is 0 Å². The lowest BCUT2D eigenvalue weighted by atomic mass is 10.0. The monoisotopic (exact) mass is 387 g/mol. The van der Waals surface area contributed by atoms with Crippen molar-refractivity contribution in [1.29, 1.82) is 0 Å². The zero-order valence-corrected chi connectivity index (χ0v) is 17.9. The molecule has 4 nitrogen and oxygen atoms in total. The van der Waals surface area contributed by atoms with Crippen LogP contribution in [0.5, 0.6) is 5.75 Å². The van der Waals surface area contributed by atoms with E-state index in [2.05, 4.69) is 65.4 Å². The number of para-hydroxylation sites is 1. The van der Waals surface area contributed by atoms with Crippen LogP contribution in [0.4, 0.5) is 0 Å². The van der Waals surface area contributed by atoms with E-state index >= 15 is 0 Å². The summed E-state index contributed by atoms with van der Waals surface area (Å²) in [7, 11) is 5.86. The zero-order chi connectivity index (χ0) is 20.8. The summed E-state index contributed by atoms with van der Waals surface area (Å²) in [5.74, 6) is 0.858. The van der Waals surface area contributed by atoms with Gasteiger partial charge in [0.05, 0.1) is 7.11 Å². The maximum absolute atomic E-state index is 5.54. The van der Waals surface area contributed by atoms with E-state index in [-0.39, 0.29) is 0 Å². The Morgan fingerprint density at radius 2 is 1.66 bits per heavy atom. The van der Waals surface area contributed by atoms with Gasteiger partial charge in [0.1, 0.15) is 11.4 Å². The van der Waals surface area contributed by atoms with Crippen molar-refractivity contribution in [3.8, 4) is 28.0 Å². The van der Waals surface area contributed by atoms with Gasteiger partial charge in [0.15, 0.2) is 0 Å². The van der Waals surface area contributed by atoms with Crippen molar-refractivity contribution in [2.45, 2.75) is 20.4 Å². The van der Waals surface area contributed by atoms with Crippen molar-refractivity contribution >= 4 is 11.0 Å². The van der Waals surface area contributed by atoms with E-state index in [1.807, 2.05) is 44.4 Å². The molecule has 0 atom stereocenters. The molecule has 4 aromatic rings. The molecule has 150 valence electrons. The number of ether oxygens (including phenoxy) is 1. The SMILES string of the molecule is CC.COc1ccccc1-c1c[nH]c2ncc(-c3ccc(CN(C)C)cc3)cc12. The van der Waals surface area contributed by atoms with Crippen LogP contribution in [0.1, 0.15) is 19.4 Å². The first-order valence-electron chi connectivity index (χ1n) is 10.0. The molecule has 2 heterocycles. The minimum atomic E-state index is 0.858. The first-order valence-corrected chi connectivity index (χ1v) is 10.0. The molecule has 2 aromatic carbocycles. The summed E-state index contributed by atoms with van der Waals surface area (Å²) < 4.78 is 5.54. The molecule has 2 aromatic heterocycles. The largest absolute Gasteiger partial charge is 0.496 e. The van der Waals surface area contributed by atoms with Crippen molar-refractivity contribution in [3.05, 3.63) is 72.6 Å². The number of nitrogens with one attached hydrogen (secondary N) is 1. The predicted octanol–water partition coefficient (Wildman–Crippen LogP) is 5.99. The summed E-state index contributed by atoms with van der Waals surface area (Å²) in [6.07, 6.45) is 3.92. The van der Waals surface area contributed by atoms with Gasteiger partial charge in [-0.1, -0.05) is 56.3 Å². The van der Waals surface area contributed by atoms with Gasteiger partial charge in [-0.3, -0.25) is 0 Å². The summed E-state index contributed by atoms with van der Waals surface area (Å²) in [4.78, 5) is 10.1. The molecule has 4 rings (SSSR count). The quantitative estimate of drug-likeness (QED) is 0.457. The minimum Gasteiger partial charge on any atom is -0.496 e. The maximum atomic E-state index is 5.54. The van der Waals surface area contributed by atoms with E-state index in [1.54, 1.807) is 7.11 Å². The summed E-state index contributed by atoms with van der Waals surface area (Å²) >= 11 is 0. The third kappa shape index (κ3) is 4.49. The Morgan fingerprint density at radius 3 is 2.34 bits per heavy atom. The van der Waals surface area contributed by atoms with Crippen LogP contribution in [0.25, 0.3) is 33.3 Å². The number of hydrogen-bond donors (Lipinski definition) is 1. The lowest BCUT2D eigenvalue weighted by molar-refractivity contribution is 0.402. The molecule has 0 saturated heterocycles. The molecule has 0 unspecified atom stereocenters. The topological polar surface area (TPSA) is 41.1 Å². The lowest BCUT2D eigenvalue weighted by Crippen LogP contribution is -2.10. The van der Waals surface area contributed by atoms with Crippen LogP contribution in [0.3, 0.4) is 0 Å². The molecular formula is C25H29N3O. The Balaban J connectivity index is 0.00000117. The third-order valence-corrected chi connectivity index (χ3v) is 4.71. The standard InChI is InChI=1S/C23H23N3O.C2H6/c1-26(2)15-16-8-10-17(11-9-16)18-12-20-21(14-25-23(20)24-13-18)19-6-4-5-7-22(19)27-3;1-2/h4-14H,15H2,1-3H3,(H,24,25);1-2H3. The summed E-state index contributed by atoms with van der Waals surface area (Å²) in [5.41, 5.74) is 6.61. The minimum absolute atomic E-state index is 0.858. The number of nitrogens with zero attached hydrogens (tertiary/aromatic N) is 2. The van der Waals surface area contributed by atoms with E-state index < -0.39 is 0 Å². The number of aromatic amines is 1. The number of rotatable bonds is 5.